The number of piperidine rings is 1. The number of carbonyl (C=O) groups excluding carboxylic acids is 1. The third-order valence-corrected chi connectivity index (χ3v) is 4.84. The van der Waals surface area contributed by atoms with Gasteiger partial charge in [0.1, 0.15) is 11.6 Å². The molecule has 2 aliphatic rings. The van der Waals surface area contributed by atoms with Crippen LogP contribution in [0.1, 0.15) is 37.3 Å². The molecule has 6 heteroatoms. The highest BCUT2D eigenvalue weighted by Gasteiger charge is 2.32. The lowest BCUT2D eigenvalue weighted by Gasteiger charge is -2.29. The maximum atomic E-state index is 12.5. The Labute approximate surface area is 126 Å². The third-order valence-electron chi connectivity index (χ3n) is 4.84. The number of carbonyl (C=O) groups is 1. The Morgan fingerprint density at radius 2 is 1.95 bits per heavy atom. The van der Waals surface area contributed by atoms with Gasteiger partial charge in [0.05, 0.1) is 12.5 Å². The molecule has 1 aromatic heterocycles. The summed E-state index contributed by atoms with van der Waals surface area (Å²) >= 11 is 0. The summed E-state index contributed by atoms with van der Waals surface area (Å²) in [4.78, 5) is 16.9. The summed E-state index contributed by atoms with van der Waals surface area (Å²) in [5, 5.41) is 8.31. The van der Waals surface area contributed by atoms with Crippen LogP contribution >= 0.6 is 0 Å². The van der Waals surface area contributed by atoms with Gasteiger partial charge in [-0.3, -0.25) is 9.69 Å². The lowest BCUT2D eigenvalue weighted by Crippen LogP contribution is -2.40. The fourth-order valence-electron chi connectivity index (χ4n) is 3.34. The van der Waals surface area contributed by atoms with E-state index in [-0.39, 0.29) is 5.92 Å². The fourth-order valence-corrected chi connectivity index (χ4v) is 3.34. The highest BCUT2D eigenvalue weighted by Crippen LogP contribution is 2.22. The number of hydrogen-bond acceptors (Lipinski definition) is 4. The SMILES string of the molecule is Cc1nnc(CN2CCC(C(=O)N3CCCCC3)C2)n1C. The van der Waals surface area contributed by atoms with Crippen molar-refractivity contribution in [3.05, 3.63) is 11.6 Å². The molecule has 3 rings (SSSR count). The first-order valence-electron chi connectivity index (χ1n) is 8.01. The van der Waals surface area contributed by atoms with Crippen molar-refractivity contribution in [2.24, 2.45) is 13.0 Å². The molecule has 21 heavy (non-hydrogen) atoms. The number of aryl methyl sites for hydroxylation is 1. The quantitative estimate of drug-likeness (QED) is 0.832. The minimum atomic E-state index is 0.178. The van der Waals surface area contributed by atoms with E-state index in [0.29, 0.717) is 5.91 Å². The summed E-state index contributed by atoms with van der Waals surface area (Å²) < 4.78 is 2.03. The number of aromatic nitrogens is 3. The Kier molecular flexibility index (Phi) is 4.24. The summed E-state index contributed by atoms with van der Waals surface area (Å²) in [6.45, 7) is 6.51. The van der Waals surface area contributed by atoms with Crippen LogP contribution in [0.2, 0.25) is 0 Å². The summed E-state index contributed by atoms with van der Waals surface area (Å²) in [6, 6.07) is 0. The van der Waals surface area contributed by atoms with E-state index in [1.54, 1.807) is 0 Å². The van der Waals surface area contributed by atoms with Gasteiger partial charge in [0.15, 0.2) is 0 Å². The van der Waals surface area contributed by atoms with Gasteiger partial charge in [-0.05, 0) is 39.2 Å². The predicted octanol–water partition coefficient (Wildman–Crippen LogP) is 0.958. The van der Waals surface area contributed by atoms with Gasteiger partial charge in [0.2, 0.25) is 5.91 Å². The molecule has 1 atom stereocenters. The van der Waals surface area contributed by atoms with Gasteiger partial charge in [-0.1, -0.05) is 0 Å². The normalized spacial score (nSPS) is 23.7. The molecule has 1 amide bonds. The van der Waals surface area contributed by atoms with E-state index in [9.17, 15) is 4.79 Å². The Bertz CT molecular complexity index is 506. The van der Waals surface area contributed by atoms with E-state index in [4.69, 9.17) is 0 Å². The average Bonchev–Trinajstić information content (AvgIpc) is 3.10. The second-order valence-electron chi connectivity index (χ2n) is 6.33. The monoisotopic (exact) mass is 291 g/mol. The van der Waals surface area contributed by atoms with Crippen molar-refractivity contribution in [1.29, 1.82) is 0 Å². The molecule has 0 radical (unpaired) electrons. The molecule has 0 aromatic carbocycles. The molecule has 0 saturated carbocycles. The van der Waals surface area contributed by atoms with Crippen LogP contribution in [0.15, 0.2) is 0 Å². The van der Waals surface area contributed by atoms with E-state index in [1.807, 2.05) is 18.5 Å². The molecule has 2 aliphatic heterocycles. The molecule has 6 nitrogen and oxygen atoms in total. The Hall–Kier alpha value is -1.43. The first-order chi connectivity index (χ1) is 10.1. The van der Waals surface area contributed by atoms with Crippen LogP contribution < -0.4 is 0 Å². The van der Waals surface area contributed by atoms with Crippen molar-refractivity contribution in [2.45, 2.75) is 39.2 Å². The zero-order chi connectivity index (χ0) is 14.8. The maximum absolute atomic E-state index is 12.5. The van der Waals surface area contributed by atoms with Crippen LogP contribution in [0.3, 0.4) is 0 Å². The third kappa shape index (κ3) is 3.10. The molecule has 0 N–H and O–H groups in total. The largest absolute Gasteiger partial charge is 0.342 e. The van der Waals surface area contributed by atoms with E-state index in [2.05, 4.69) is 20.0 Å². The summed E-state index contributed by atoms with van der Waals surface area (Å²) in [7, 11) is 2.00. The van der Waals surface area contributed by atoms with Crippen molar-refractivity contribution in [1.82, 2.24) is 24.6 Å². The summed E-state index contributed by atoms with van der Waals surface area (Å²) in [5.74, 6) is 2.47. The number of amides is 1. The second-order valence-corrected chi connectivity index (χ2v) is 6.33. The highest BCUT2D eigenvalue weighted by atomic mass is 16.2. The molecule has 1 aromatic rings. The van der Waals surface area contributed by atoms with Gasteiger partial charge in [-0.25, -0.2) is 0 Å². The first-order valence-corrected chi connectivity index (χ1v) is 8.01. The highest BCUT2D eigenvalue weighted by molar-refractivity contribution is 5.79. The molecular formula is C15H25N5O. The van der Waals surface area contributed by atoms with Gasteiger partial charge in [0, 0.05) is 26.7 Å². The van der Waals surface area contributed by atoms with Gasteiger partial charge in [-0.2, -0.15) is 0 Å². The average molecular weight is 291 g/mol. The van der Waals surface area contributed by atoms with E-state index >= 15 is 0 Å². The van der Waals surface area contributed by atoms with Crippen molar-refractivity contribution in [2.75, 3.05) is 26.2 Å². The standard InChI is InChI=1S/C15H25N5O/c1-12-16-17-14(18(12)2)11-19-9-6-13(10-19)15(21)20-7-4-3-5-8-20/h13H,3-11H2,1-2H3. The van der Waals surface area contributed by atoms with Crippen molar-refractivity contribution < 1.29 is 4.79 Å². The number of rotatable bonds is 3. The van der Waals surface area contributed by atoms with Crippen LogP contribution in [0, 0.1) is 12.8 Å². The van der Waals surface area contributed by atoms with Crippen molar-refractivity contribution in [3.8, 4) is 0 Å². The topological polar surface area (TPSA) is 54.3 Å². The van der Waals surface area contributed by atoms with Crippen LogP contribution in [0.25, 0.3) is 0 Å². The van der Waals surface area contributed by atoms with Crippen LogP contribution in [-0.2, 0) is 18.4 Å². The lowest BCUT2D eigenvalue weighted by atomic mass is 10.0. The molecule has 0 bridgehead atoms. The van der Waals surface area contributed by atoms with Crippen LogP contribution in [-0.4, -0.2) is 56.7 Å². The lowest BCUT2D eigenvalue weighted by molar-refractivity contribution is -0.136. The molecule has 2 saturated heterocycles. The second kappa shape index (κ2) is 6.13. The minimum Gasteiger partial charge on any atom is -0.342 e. The Balaban J connectivity index is 1.55. The van der Waals surface area contributed by atoms with Gasteiger partial charge in [0.25, 0.3) is 0 Å². The van der Waals surface area contributed by atoms with Gasteiger partial charge in [-0.15, -0.1) is 10.2 Å². The molecule has 0 spiro atoms. The number of likely N-dealkylation sites (tertiary alicyclic amines) is 2. The van der Waals surface area contributed by atoms with E-state index < -0.39 is 0 Å². The van der Waals surface area contributed by atoms with Crippen molar-refractivity contribution >= 4 is 5.91 Å². The molecule has 2 fully saturated rings. The predicted molar refractivity (Wildman–Crippen MR) is 79.6 cm³/mol. The number of nitrogens with zero attached hydrogens (tertiary/aromatic N) is 5. The molecule has 3 heterocycles. The van der Waals surface area contributed by atoms with Gasteiger partial charge >= 0.3 is 0 Å². The smallest absolute Gasteiger partial charge is 0.227 e. The van der Waals surface area contributed by atoms with Gasteiger partial charge < -0.3 is 9.47 Å². The number of hydrogen-bond donors (Lipinski definition) is 0. The molecule has 0 aliphatic carbocycles. The minimum absolute atomic E-state index is 0.178. The Morgan fingerprint density at radius 3 is 2.62 bits per heavy atom. The zero-order valence-electron chi connectivity index (χ0n) is 13.1. The van der Waals surface area contributed by atoms with Crippen LogP contribution in [0.5, 0.6) is 0 Å². The zero-order valence-corrected chi connectivity index (χ0v) is 13.1. The summed E-state index contributed by atoms with van der Waals surface area (Å²) in [6.07, 6.45) is 4.58. The first kappa shape index (κ1) is 14.5. The van der Waals surface area contributed by atoms with Crippen LogP contribution in [0.4, 0.5) is 0 Å². The summed E-state index contributed by atoms with van der Waals surface area (Å²) in [5.41, 5.74) is 0. The molecule has 116 valence electrons. The Morgan fingerprint density at radius 1 is 1.19 bits per heavy atom. The van der Waals surface area contributed by atoms with E-state index in [0.717, 1.165) is 50.8 Å². The fraction of sp³-hybridized carbons (Fsp3) is 0.800. The molecular weight excluding hydrogens is 266 g/mol. The molecule has 1 unspecified atom stereocenters. The van der Waals surface area contributed by atoms with Crippen molar-refractivity contribution in [3.63, 3.8) is 0 Å². The maximum Gasteiger partial charge on any atom is 0.227 e. The van der Waals surface area contributed by atoms with E-state index in [1.165, 1.54) is 19.3 Å².